The number of nitrogens with one attached hydrogen (secondary N) is 1. The number of carboxylic acids is 1. The Morgan fingerprint density at radius 2 is 2.53 bits per heavy atom. The molecule has 0 saturated carbocycles. The lowest BCUT2D eigenvalue weighted by molar-refractivity contribution is -0.146. The fourth-order valence-electron chi connectivity index (χ4n) is 1.73. The van der Waals surface area contributed by atoms with Gasteiger partial charge in [-0.05, 0) is 6.42 Å². The molecule has 1 aromatic heterocycles. The van der Waals surface area contributed by atoms with Gasteiger partial charge >= 0.3 is 5.97 Å². The van der Waals surface area contributed by atoms with Crippen LogP contribution in [0.2, 0.25) is 0 Å². The molecule has 1 atom stereocenters. The van der Waals surface area contributed by atoms with Crippen LogP contribution in [-0.2, 0) is 16.1 Å². The van der Waals surface area contributed by atoms with E-state index >= 15 is 0 Å². The molecule has 0 radical (unpaired) electrons. The molecular formula is C9H11N3O3. The highest BCUT2D eigenvalue weighted by atomic mass is 16.4. The fourth-order valence-corrected chi connectivity index (χ4v) is 1.73. The van der Waals surface area contributed by atoms with E-state index in [0.717, 1.165) is 0 Å². The van der Waals surface area contributed by atoms with Gasteiger partial charge in [0.25, 0.3) is 0 Å². The maximum absolute atomic E-state index is 11.4. The van der Waals surface area contributed by atoms with Gasteiger partial charge in [-0.1, -0.05) is 0 Å². The van der Waals surface area contributed by atoms with Crippen LogP contribution in [0.15, 0.2) is 12.4 Å². The zero-order chi connectivity index (χ0) is 10.8. The van der Waals surface area contributed by atoms with Crippen LogP contribution in [-0.4, -0.2) is 37.9 Å². The summed E-state index contributed by atoms with van der Waals surface area (Å²) in [5.41, 5.74) is 0. The van der Waals surface area contributed by atoms with E-state index < -0.39 is 12.0 Å². The second kappa shape index (κ2) is 3.72. The monoisotopic (exact) mass is 209 g/mol. The maximum atomic E-state index is 11.4. The van der Waals surface area contributed by atoms with Crippen LogP contribution < -0.4 is 0 Å². The van der Waals surface area contributed by atoms with Gasteiger partial charge in [0.1, 0.15) is 11.9 Å². The molecule has 1 unspecified atom stereocenters. The number of carboxylic acid groups (broad SMARTS) is 1. The molecule has 2 rings (SSSR count). The molecule has 1 aliphatic heterocycles. The summed E-state index contributed by atoms with van der Waals surface area (Å²) in [6, 6.07) is -0.706. The number of aromatic amines is 1. The molecule has 1 amide bonds. The minimum absolute atomic E-state index is 0.126. The standard InChI is InChI=1S/C9H11N3O3/c13-8-2-1-6(9(14)15)12(8)5-7-10-3-4-11-7/h3-4,6H,1-2,5H2,(H,10,11)(H,14,15). The molecule has 1 fully saturated rings. The number of aromatic nitrogens is 2. The van der Waals surface area contributed by atoms with Gasteiger partial charge in [0, 0.05) is 18.8 Å². The molecule has 0 spiro atoms. The summed E-state index contributed by atoms with van der Waals surface area (Å²) in [5.74, 6) is -0.470. The summed E-state index contributed by atoms with van der Waals surface area (Å²) in [5, 5.41) is 8.91. The molecule has 15 heavy (non-hydrogen) atoms. The lowest BCUT2D eigenvalue weighted by Crippen LogP contribution is -2.38. The molecule has 1 saturated heterocycles. The van der Waals surface area contributed by atoms with Crippen molar-refractivity contribution in [2.24, 2.45) is 0 Å². The van der Waals surface area contributed by atoms with Crippen LogP contribution in [0.4, 0.5) is 0 Å². The van der Waals surface area contributed by atoms with E-state index in [2.05, 4.69) is 9.97 Å². The third-order valence-corrected chi connectivity index (χ3v) is 2.49. The number of carbonyl (C=O) groups is 2. The maximum Gasteiger partial charge on any atom is 0.326 e. The molecule has 0 aromatic carbocycles. The summed E-state index contributed by atoms with van der Waals surface area (Å²) in [6.07, 6.45) is 3.91. The molecule has 1 aromatic rings. The Morgan fingerprint density at radius 1 is 1.73 bits per heavy atom. The second-order valence-corrected chi connectivity index (χ2v) is 3.45. The third kappa shape index (κ3) is 1.83. The molecule has 0 aliphatic carbocycles. The minimum Gasteiger partial charge on any atom is -0.480 e. The van der Waals surface area contributed by atoms with Crippen LogP contribution in [0.5, 0.6) is 0 Å². The number of H-pyrrole nitrogens is 1. The first-order valence-electron chi connectivity index (χ1n) is 4.69. The van der Waals surface area contributed by atoms with Crippen molar-refractivity contribution in [1.82, 2.24) is 14.9 Å². The van der Waals surface area contributed by atoms with E-state index in [1.165, 1.54) is 4.90 Å². The first-order valence-corrected chi connectivity index (χ1v) is 4.69. The van der Waals surface area contributed by atoms with Gasteiger partial charge in [0.2, 0.25) is 5.91 Å². The Labute approximate surface area is 85.9 Å². The number of amides is 1. The van der Waals surface area contributed by atoms with Crippen LogP contribution >= 0.6 is 0 Å². The normalized spacial score (nSPS) is 20.9. The smallest absolute Gasteiger partial charge is 0.326 e. The topological polar surface area (TPSA) is 86.3 Å². The van der Waals surface area contributed by atoms with Gasteiger partial charge in [-0.3, -0.25) is 4.79 Å². The van der Waals surface area contributed by atoms with Crippen molar-refractivity contribution in [3.05, 3.63) is 18.2 Å². The average molecular weight is 209 g/mol. The highest BCUT2D eigenvalue weighted by molar-refractivity contribution is 5.87. The molecule has 6 nitrogen and oxygen atoms in total. The second-order valence-electron chi connectivity index (χ2n) is 3.45. The van der Waals surface area contributed by atoms with Crippen LogP contribution in [0.25, 0.3) is 0 Å². The minimum atomic E-state index is -0.951. The van der Waals surface area contributed by atoms with Crippen molar-refractivity contribution >= 4 is 11.9 Å². The largest absolute Gasteiger partial charge is 0.480 e. The van der Waals surface area contributed by atoms with Gasteiger partial charge in [0.15, 0.2) is 0 Å². The van der Waals surface area contributed by atoms with E-state index in [1.807, 2.05) is 0 Å². The highest BCUT2D eigenvalue weighted by Crippen LogP contribution is 2.20. The van der Waals surface area contributed by atoms with E-state index in [4.69, 9.17) is 5.11 Å². The molecule has 6 heteroatoms. The summed E-state index contributed by atoms with van der Waals surface area (Å²) >= 11 is 0. The van der Waals surface area contributed by atoms with Crippen molar-refractivity contribution in [2.75, 3.05) is 0 Å². The summed E-state index contributed by atoms with van der Waals surface area (Å²) in [4.78, 5) is 30.5. The van der Waals surface area contributed by atoms with Crippen molar-refractivity contribution in [3.63, 3.8) is 0 Å². The molecule has 0 bridgehead atoms. The zero-order valence-corrected chi connectivity index (χ0v) is 8.01. The molecule has 80 valence electrons. The van der Waals surface area contributed by atoms with E-state index in [0.29, 0.717) is 18.7 Å². The van der Waals surface area contributed by atoms with Gasteiger partial charge < -0.3 is 15.0 Å². The molecule has 1 aliphatic rings. The van der Waals surface area contributed by atoms with Crippen molar-refractivity contribution in [3.8, 4) is 0 Å². The number of aliphatic carboxylic acids is 1. The Hall–Kier alpha value is -1.85. The summed E-state index contributed by atoms with van der Waals surface area (Å²) in [7, 11) is 0. The number of carbonyl (C=O) groups excluding carboxylic acids is 1. The first kappa shape index (κ1) is 9.70. The average Bonchev–Trinajstić information content (AvgIpc) is 2.78. The number of imidazole rings is 1. The van der Waals surface area contributed by atoms with E-state index in [1.54, 1.807) is 12.4 Å². The van der Waals surface area contributed by atoms with Crippen LogP contribution in [0.1, 0.15) is 18.7 Å². The SMILES string of the molecule is O=C(O)C1CCC(=O)N1Cc1ncc[nH]1. The van der Waals surface area contributed by atoms with Gasteiger partial charge in [-0.25, -0.2) is 9.78 Å². The highest BCUT2D eigenvalue weighted by Gasteiger charge is 2.36. The van der Waals surface area contributed by atoms with Gasteiger partial charge in [-0.15, -0.1) is 0 Å². The Balaban J connectivity index is 2.11. The summed E-state index contributed by atoms with van der Waals surface area (Å²) < 4.78 is 0. The Bertz CT molecular complexity index is 374. The van der Waals surface area contributed by atoms with E-state index in [9.17, 15) is 9.59 Å². The number of nitrogens with zero attached hydrogens (tertiary/aromatic N) is 2. The molecule has 2 heterocycles. The van der Waals surface area contributed by atoms with Crippen molar-refractivity contribution in [2.45, 2.75) is 25.4 Å². The van der Waals surface area contributed by atoms with Crippen LogP contribution in [0.3, 0.4) is 0 Å². The van der Waals surface area contributed by atoms with Crippen molar-refractivity contribution in [1.29, 1.82) is 0 Å². The lowest BCUT2D eigenvalue weighted by atomic mass is 10.2. The van der Waals surface area contributed by atoms with Gasteiger partial charge in [0.05, 0.1) is 6.54 Å². The number of likely N-dealkylation sites (tertiary alicyclic amines) is 1. The summed E-state index contributed by atoms with van der Waals surface area (Å²) in [6.45, 7) is 0.239. The number of hydrogen-bond donors (Lipinski definition) is 2. The van der Waals surface area contributed by atoms with Crippen molar-refractivity contribution < 1.29 is 14.7 Å². The quantitative estimate of drug-likeness (QED) is 0.732. The zero-order valence-electron chi connectivity index (χ0n) is 8.01. The predicted molar refractivity (Wildman–Crippen MR) is 49.8 cm³/mol. The van der Waals surface area contributed by atoms with Gasteiger partial charge in [-0.2, -0.15) is 0 Å². The predicted octanol–water partition coefficient (Wildman–Crippen LogP) is -0.0147. The van der Waals surface area contributed by atoms with Crippen LogP contribution in [0, 0.1) is 0 Å². The third-order valence-electron chi connectivity index (χ3n) is 2.49. The molecular weight excluding hydrogens is 198 g/mol. The Kier molecular flexibility index (Phi) is 2.40. The number of rotatable bonds is 3. The number of hydrogen-bond acceptors (Lipinski definition) is 3. The van der Waals surface area contributed by atoms with E-state index in [-0.39, 0.29) is 12.5 Å². The lowest BCUT2D eigenvalue weighted by Gasteiger charge is -2.19. The Morgan fingerprint density at radius 3 is 3.13 bits per heavy atom. The molecule has 2 N–H and O–H groups in total. The fraction of sp³-hybridized carbons (Fsp3) is 0.444. The first-order chi connectivity index (χ1) is 7.18.